The van der Waals surface area contributed by atoms with Crippen molar-refractivity contribution in [2.75, 3.05) is 16.8 Å². The van der Waals surface area contributed by atoms with Crippen molar-refractivity contribution in [2.24, 2.45) is 0 Å². The van der Waals surface area contributed by atoms with Crippen LogP contribution in [0.15, 0.2) is 30.3 Å². The number of nitrogens with zero attached hydrogens (tertiary/aromatic N) is 3. The van der Waals surface area contributed by atoms with Crippen molar-refractivity contribution in [1.82, 2.24) is 9.97 Å². The smallest absolute Gasteiger partial charge is 0.135 e. The van der Waals surface area contributed by atoms with E-state index >= 15 is 0 Å². The predicted octanol–water partition coefficient (Wildman–Crippen LogP) is 4.37. The summed E-state index contributed by atoms with van der Waals surface area (Å²) in [5, 5.41) is 3.51. The molecule has 4 nitrogen and oxygen atoms in total. The molecule has 0 saturated heterocycles. The Hall–Kier alpha value is -2.10. The van der Waals surface area contributed by atoms with Gasteiger partial charge in [-0.3, -0.25) is 0 Å². The maximum atomic E-state index is 4.84. The van der Waals surface area contributed by atoms with Gasteiger partial charge in [0, 0.05) is 31.1 Å². The highest BCUT2D eigenvalue weighted by Gasteiger charge is 2.19. The zero-order valence-electron chi connectivity index (χ0n) is 15.2. The normalized spacial score (nSPS) is 15.3. The lowest BCUT2D eigenvalue weighted by molar-refractivity contribution is 0.699. The minimum absolute atomic E-state index is 0.319. The van der Waals surface area contributed by atoms with Crippen LogP contribution < -0.4 is 10.2 Å². The summed E-state index contributed by atoms with van der Waals surface area (Å²) in [6.07, 6.45) is 2.15. The SMILES string of the molecule is CC[C@H](C)Nc1cc(N2CCc3ccccc3C2)nc(C(C)C)n1. The summed E-state index contributed by atoms with van der Waals surface area (Å²) in [7, 11) is 0. The molecule has 0 aliphatic carbocycles. The van der Waals surface area contributed by atoms with Gasteiger partial charge in [-0.1, -0.05) is 45.0 Å². The average molecular weight is 324 g/mol. The lowest BCUT2D eigenvalue weighted by atomic mass is 10.00. The van der Waals surface area contributed by atoms with Crippen molar-refractivity contribution in [3.05, 3.63) is 47.3 Å². The summed E-state index contributed by atoms with van der Waals surface area (Å²) in [6, 6.07) is 11.2. The molecule has 2 heterocycles. The van der Waals surface area contributed by atoms with E-state index in [4.69, 9.17) is 9.97 Å². The average Bonchev–Trinajstić information content (AvgIpc) is 2.60. The molecule has 0 spiro atoms. The van der Waals surface area contributed by atoms with Crippen LogP contribution in [-0.2, 0) is 13.0 Å². The van der Waals surface area contributed by atoms with Crippen molar-refractivity contribution >= 4 is 11.6 Å². The number of hydrogen-bond donors (Lipinski definition) is 1. The van der Waals surface area contributed by atoms with Crippen LogP contribution in [0.1, 0.15) is 57.0 Å². The van der Waals surface area contributed by atoms with E-state index in [1.165, 1.54) is 11.1 Å². The van der Waals surface area contributed by atoms with Crippen LogP contribution >= 0.6 is 0 Å². The van der Waals surface area contributed by atoms with Gasteiger partial charge in [-0.2, -0.15) is 0 Å². The molecule has 0 bridgehead atoms. The van der Waals surface area contributed by atoms with E-state index in [-0.39, 0.29) is 0 Å². The molecule has 1 N–H and O–H groups in total. The van der Waals surface area contributed by atoms with E-state index in [0.29, 0.717) is 12.0 Å². The topological polar surface area (TPSA) is 41.0 Å². The molecule has 1 atom stereocenters. The fourth-order valence-corrected chi connectivity index (χ4v) is 2.99. The number of anilines is 2. The predicted molar refractivity (Wildman–Crippen MR) is 101 cm³/mol. The van der Waals surface area contributed by atoms with E-state index in [1.54, 1.807) is 0 Å². The first kappa shape index (κ1) is 16.7. The maximum Gasteiger partial charge on any atom is 0.135 e. The molecule has 1 aromatic carbocycles. The molecule has 1 aliphatic rings. The molecule has 4 heteroatoms. The van der Waals surface area contributed by atoms with Crippen LogP contribution in [0.3, 0.4) is 0 Å². The summed E-state index contributed by atoms with van der Waals surface area (Å²) in [5.41, 5.74) is 2.87. The molecule has 128 valence electrons. The number of nitrogens with one attached hydrogen (secondary N) is 1. The van der Waals surface area contributed by atoms with Gasteiger partial charge < -0.3 is 10.2 Å². The molecule has 0 fully saturated rings. The van der Waals surface area contributed by atoms with Gasteiger partial charge in [0.25, 0.3) is 0 Å². The van der Waals surface area contributed by atoms with Crippen LogP contribution in [0.25, 0.3) is 0 Å². The molecule has 0 amide bonds. The standard InChI is InChI=1S/C20H28N4/c1-5-15(4)21-18-12-19(23-20(22-18)14(2)3)24-11-10-16-8-6-7-9-17(16)13-24/h6-9,12,14-15H,5,10-11,13H2,1-4H3,(H,21,22,23)/t15-/m0/s1. The lowest BCUT2D eigenvalue weighted by Crippen LogP contribution is -2.31. The first-order chi connectivity index (χ1) is 11.6. The van der Waals surface area contributed by atoms with E-state index in [1.807, 2.05) is 0 Å². The highest BCUT2D eigenvalue weighted by molar-refractivity contribution is 5.52. The summed E-state index contributed by atoms with van der Waals surface area (Å²) in [5.74, 6) is 3.21. The summed E-state index contributed by atoms with van der Waals surface area (Å²) < 4.78 is 0. The van der Waals surface area contributed by atoms with E-state index in [2.05, 4.69) is 68.2 Å². The van der Waals surface area contributed by atoms with Crippen LogP contribution in [0.5, 0.6) is 0 Å². The third kappa shape index (κ3) is 3.69. The molecule has 0 saturated carbocycles. The van der Waals surface area contributed by atoms with Crippen LogP contribution in [0.2, 0.25) is 0 Å². The van der Waals surface area contributed by atoms with Gasteiger partial charge in [0.1, 0.15) is 17.5 Å². The quantitative estimate of drug-likeness (QED) is 0.886. The zero-order chi connectivity index (χ0) is 17.1. The second-order valence-electron chi connectivity index (χ2n) is 7.02. The number of aromatic nitrogens is 2. The molecular weight excluding hydrogens is 296 g/mol. The maximum absolute atomic E-state index is 4.84. The third-order valence-corrected chi connectivity index (χ3v) is 4.71. The fraction of sp³-hybridized carbons (Fsp3) is 0.500. The lowest BCUT2D eigenvalue weighted by Gasteiger charge is -2.30. The minimum atomic E-state index is 0.319. The van der Waals surface area contributed by atoms with Crippen molar-refractivity contribution in [1.29, 1.82) is 0 Å². The van der Waals surface area contributed by atoms with Crippen molar-refractivity contribution < 1.29 is 0 Å². The molecule has 1 aromatic heterocycles. The van der Waals surface area contributed by atoms with Gasteiger partial charge >= 0.3 is 0 Å². The minimum Gasteiger partial charge on any atom is -0.367 e. The molecule has 0 unspecified atom stereocenters. The monoisotopic (exact) mass is 324 g/mol. The van der Waals surface area contributed by atoms with Gasteiger partial charge in [-0.25, -0.2) is 9.97 Å². The Balaban J connectivity index is 1.89. The van der Waals surface area contributed by atoms with E-state index in [9.17, 15) is 0 Å². The first-order valence-corrected chi connectivity index (χ1v) is 9.04. The Kier molecular flexibility index (Phi) is 5.03. The van der Waals surface area contributed by atoms with Gasteiger partial charge in [0.05, 0.1) is 0 Å². The first-order valence-electron chi connectivity index (χ1n) is 9.04. The van der Waals surface area contributed by atoms with Crippen molar-refractivity contribution in [2.45, 2.75) is 59.0 Å². The molecule has 2 aromatic rings. The van der Waals surface area contributed by atoms with Gasteiger partial charge in [0.15, 0.2) is 0 Å². The van der Waals surface area contributed by atoms with Crippen LogP contribution in [0, 0.1) is 0 Å². The fourth-order valence-electron chi connectivity index (χ4n) is 2.99. The van der Waals surface area contributed by atoms with E-state index in [0.717, 1.165) is 43.4 Å². The molecule has 24 heavy (non-hydrogen) atoms. The second-order valence-corrected chi connectivity index (χ2v) is 7.02. The number of benzene rings is 1. The molecule has 0 radical (unpaired) electrons. The van der Waals surface area contributed by atoms with Crippen LogP contribution in [-0.4, -0.2) is 22.6 Å². The Bertz CT molecular complexity index is 696. The molecular formula is C20H28N4. The van der Waals surface area contributed by atoms with Crippen molar-refractivity contribution in [3.63, 3.8) is 0 Å². The Morgan fingerprint density at radius 2 is 1.88 bits per heavy atom. The Morgan fingerprint density at radius 3 is 2.58 bits per heavy atom. The van der Waals surface area contributed by atoms with E-state index < -0.39 is 0 Å². The number of rotatable bonds is 5. The largest absolute Gasteiger partial charge is 0.367 e. The summed E-state index contributed by atoms with van der Waals surface area (Å²) in [4.78, 5) is 11.9. The van der Waals surface area contributed by atoms with Crippen LogP contribution in [0.4, 0.5) is 11.6 Å². The zero-order valence-corrected chi connectivity index (χ0v) is 15.2. The number of fused-ring (bicyclic) bond motifs is 1. The van der Waals surface area contributed by atoms with Gasteiger partial charge in [-0.15, -0.1) is 0 Å². The number of hydrogen-bond acceptors (Lipinski definition) is 4. The highest BCUT2D eigenvalue weighted by atomic mass is 15.2. The molecule has 1 aliphatic heterocycles. The van der Waals surface area contributed by atoms with Gasteiger partial charge in [0.2, 0.25) is 0 Å². The van der Waals surface area contributed by atoms with Gasteiger partial charge in [-0.05, 0) is 30.9 Å². The molecule has 3 rings (SSSR count). The highest BCUT2D eigenvalue weighted by Crippen LogP contribution is 2.26. The van der Waals surface area contributed by atoms with Crippen molar-refractivity contribution in [3.8, 4) is 0 Å². The Labute approximate surface area is 145 Å². The Morgan fingerprint density at radius 1 is 1.12 bits per heavy atom. The summed E-state index contributed by atoms with van der Waals surface area (Å²) in [6.45, 7) is 10.6. The second kappa shape index (κ2) is 7.20. The summed E-state index contributed by atoms with van der Waals surface area (Å²) >= 11 is 0. The third-order valence-electron chi connectivity index (χ3n) is 4.71.